The number of anilines is 1. The summed E-state index contributed by atoms with van der Waals surface area (Å²) < 4.78 is 10.8. The number of carbonyl (C=O) groups excluding carboxylic acids is 1. The van der Waals surface area contributed by atoms with Gasteiger partial charge < -0.3 is 20.5 Å². The van der Waals surface area contributed by atoms with Gasteiger partial charge in [0.15, 0.2) is 11.5 Å². The average Bonchev–Trinajstić information content (AvgIpc) is 3.07. The molecule has 0 aliphatic carbocycles. The fraction of sp³-hybridized carbons (Fsp3) is 0.312. The Hall–Kier alpha value is -2.21. The van der Waals surface area contributed by atoms with E-state index in [1.165, 1.54) is 11.3 Å². The lowest BCUT2D eigenvalue weighted by Gasteiger charge is -2.08. The molecule has 0 radical (unpaired) electrons. The maximum Gasteiger partial charge on any atom is 0.254 e. The van der Waals surface area contributed by atoms with E-state index >= 15 is 0 Å². The van der Waals surface area contributed by atoms with Gasteiger partial charge in [0, 0.05) is 17.0 Å². The normalized spacial score (nSPS) is 12.5. The van der Waals surface area contributed by atoms with Crippen molar-refractivity contribution in [2.24, 2.45) is 0 Å². The predicted octanol–water partition coefficient (Wildman–Crippen LogP) is 3.17. The van der Waals surface area contributed by atoms with Gasteiger partial charge in [0.25, 0.3) is 5.91 Å². The minimum Gasteiger partial charge on any atom is -0.454 e. The number of hydrogen-bond donors (Lipinski definition) is 2. The van der Waals surface area contributed by atoms with Crippen LogP contribution in [0.15, 0.2) is 18.2 Å². The molecule has 3 N–H and O–H groups in total. The lowest BCUT2D eigenvalue weighted by atomic mass is 10.0. The third kappa shape index (κ3) is 2.50. The number of amides is 1. The number of ether oxygens (including phenoxy) is 2. The topological polar surface area (TPSA) is 73.6 Å². The molecule has 1 aromatic carbocycles. The summed E-state index contributed by atoms with van der Waals surface area (Å²) in [5.74, 6) is 1.29. The Bertz CT molecular complexity index is 724. The number of benzene rings is 1. The minimum atomic E-state index is -0.128. The van der Waals surface area contributed by atoms with Gasteiger partial charge >= 0.3 is 0 Å². The first-order valence-corrected chi connectivity index (χ1v) is 8.00. The van der Waals surface area contributed by atoms with Gasteiger partial charge in [-0.25, -0.2) is 0 Å². The van der Waals surface area contributed by atoms with Gasteiger partial charge in [-0.05, 0) is 31.0 Å². The van der Waals surface area contributed by atoms with Crippen molar-refractivity contribution in [3.63, 3.8) is 0 Å². The van der Waals surface area contributed by atoms with Crippen LogP contribution in [0.2, 0.25) is 0 Å². The van der Waals surface area contributed by atoms with Crippen LogP contribution in [0.25, 0.3) is 11.1 Å². The largest absolute Gasteiger partial charge is 0.454 e. The Balaban J connectivity index is 2.05. The van der Waals surface area contributed by atoms with Crippen LogP contribution in [0.5, 0.6) is 11.5 Å². The highest BCUT2D eigenvalue weighted by Crippen LogP contribution is 2.42. The molecule has 22 heavy (non-hydrogen) atoms. The minimum absolute atomic E-state index is 0.128. The van der Waals surface area contributed by atoms with Crippen LogP contribution >= 0.6 is 11.3 Å². The average molecular weight is 318 g/mol. The van der Waals surface area contributed by atoms with Crippen molar-refractivity contribution in [2.75, 3.05) is 19.1 Å². The quantitative estimate of drug-likeness (QED) is 0.908. The van der Waals surface area contributed by atoms with Gasteiger partial charge in [-0.15, -0.1) is 11.3 Å². The van der Waals surface area contributed by atoms with E-state index in [0.29, 0.717) is 22.9 Å². The number of nitrogens with two attached hydrogens (primary N) is 1. The molecule has 0 saturated carbocycles. The number of nitrogen functional groups attached to an aromatic ring is 1. The Morgan fingerprint density at radius 1 is 1.36 bits per heavy atom. The summed E-state index contributed by atoms with van der Waals surface area (Å²) in [5, 5.41) is 3.44. The van der Waals surface area contributed by atoms with Crippen molar-refractivity contribution in [3.8, 4) is 22.6 Å². The molecule has 1 aliphatic rings. The van der Waals surface area contributed by atoms with Gasteiger partial charge in [0.05, 0.1) is 10.6 Å². The van der Waals surface area contributed by atoms with Crippen molar-refractivity contribution in [2.45, 2.75) is 20.3 Å². The lowest BCUT2D eigenvalue weighted by Crippen LogP contribution is -2.24. The van der Waals surface area contributed by atoms with Crippen LogP contribution in [0.4, 0.5) is 5.00 Å². The fourth-order valence-corrected chi connectivity index (χ4v) is 3.47. The molecule has 0 bridgehead atoms. The highest BCUT2D eigenvalue weighted by Gasteiger charge is 2.23. The standard InChI is InChI=1S/C16H18N2O3S/c1-3-6-18-16(19)14-13(9(2)22-15(14)17)10-4-5-11-12(7-10)21-8-20-11/h4-5,7H,3,6,8,17H2,1-2H3,(H,18,19). The van der Waals surface area contributed by atoms with E-state index in [-0.39, 0.29) is 12.7 Å². The lowest BCUT2D eigenvalue weighted by molar-refractivity contribution is 0.0955. The fourth-order valence-electron chi connectivity index (χ4n) is 2.52. The van der Waals surface area contributed by atoms with Crippen LogP contribution in [-0.2, 0) is 0 Å². The zero-order valence-electron chi connectivity index (χ0n) is 12.6. The molecular weight excluding hydrogens is 300 g/mol. The molecule has 0 saturated heterocycles. The zero-order valence-corrected chi connectivity index (χ0v) is 13.4. The molecule has 3 rings (SSSR count). The van der Waals surface area contributed by atoms with E-state index in [9.17, 15) is 4.79 Å². The van der Waals surface area contributed by atoms with Gasteiger partial charge in [-0.2, -0.15) is 0 Å². The van der Waals surface area contributed by atoms with Crippen molar-refractivity contribution < 1.29 is 14.3 Å². The Morgan fingerprint density at radius 2 is 2.14 bits per heavy atom. The number of rotatable bonds is 4. The first kappa shape index (κ1) is 14.7. The van der Waals surface area contributed by atoms with Gasteiger partial charge in [-0.3, -0.25) is 4.79 Å². The molecule has 1 aromatic heterocycles. The summed E-state index contributed by atoms with van der Waals surface area (Å²) in [7, 11) is 0. The molecule has 0 unspecified atom stereocenters. The summed E-state index contributed by atoms with van der Waals surface area (Å²) in [5.41, 5.74) is 8.40. The number of carbonyl (C=O) groups is 1. The van der Waals surface area contributed by atoms with E-state index in [0.717, 1.165) is 28.2 Å². The molecule has 2 aromatic rings. The monoisotopic (exact) mass is 318 g/mol. The van der Waals surface area contributed by atoms with E-state index < -0.39 is 0 Å². The van der Waals surface area contributed by atoms with Crippen molar-refractivity contribution in [1.82, 2.24) is 5.32 Å². The molecule has 1 aliphatic heterocycles. The highest BCUT2D eigenvalue weighted by atomic mass is 32.1. The predicted molar refractivity (Wildman–Crippen MR) is 87.7 cm³/mol. The molecule has 2 heterocycles. The van der Waals surface area contributed by atoms with Crippen molar-refractivity contribution >= 4 is 22.2 Å². The maximum atomic E-state index is 12.4. The summed E-state index contributed by atoms with van der Waals surface area (Å²) in [6, 6.07) is 5.69. The van der Waals surface area contributed by atoms with Crippen LogP contribution in [0.1, 0.15) is 28.6 Å². The smallest absolute Gasteiger partial charge is 0.254 e. The molecule has 0 fully saturated rings. The third-order valence-electron chi connectivity index (χ3n) is 3.54. The van der Waals surface area contributed by atoms with E-state index in [2.05, 4.69) is 5.32 Å². The number of fused-ring (bicyclic) bond motifs is 1. The Labute approximate surface area is 133 Å². The molecule has 0 atom stereocenters. The van der Waals surface area contributed by atoms with E-state index in [1.54, 1.807) is 0 Å². The maximum absolute atomic E-state index is 12.4. The zero-order chi connectivity index (χ0) is 15.7. The van der Waals surface area contributed by atoms with Crippen LogP contribution in [-0.4, -0.2) is 19.2 Å². The molecule has 5 nitrogen and oxygen atoms in total. The summed E-state index contributed by atoms with van der Waals surface area (Å²) >= 11 is 1.43. The molecular formula is C16H18N2O3S. The van der Waals surface area contributed by atoms with Crippen molar-refractivity contribution in [1.29, 1.82) is 0 Å². The van der Waals surface area contributed by atoms with Gasteiger partial charge in [0.2, 0.25) is 6.79 Å². The first-order valence-electron chi connectivity index (χ1n) is 7.19. The van der Waals surface area contributed by atoms with Crippen LogP contribution < -0.4 is 20.5 Å². The second-order valence-corrected chi connectivity index (χ2v) is 6.35. The number of aryl methyl sites for hydroxylation is 1. The second kappa shape index (κ2) is 5.88. The molecule has 6 heteroatoms. The summed E-state index contributed by atoms with van der Waals surface area (Å²) in [6.07, 6.45) is 0.883. The third-order valence-corrected chi connectivity index (χ3v) is 4.47. The van der Waals surface area contributed by atoms with Crippen LogP contribution in [0, 0.1) is 6.92 Å². The summed E-state index contributed by atoms with van der Waals surface area (Å²) in [6.45, 7) is 4.85. The number of hydrogen-bond acceptors (Lipinski definition) is 5. The second-order valence-electron chi connectivity index (χ2n) is 5.10. The van der Waals surface area contributed by atoms with Crippen LogP contribution in [0.3, 0.4) is 0 Å². The number of thiophene rings is 1. The summed E-state index contributed by atoms with van der Waals surface area (Å²) in [4.78, 5) is 13.4. The number of nitrogens with one attached hydrogen (secondary N) is 1. The first-order chi connectivity index (χ1) is 10.6. The Kier molecular flexibility index (Phi) is 3.94. The van der Waals surface area contributed by atoms with Crippen molar-refractivity contribution in [3.05, 3.63) is 28.6 Å². The van der Waals surface area contributed by atoms with Gasteiger partial charge in [0.1, 0.15) is 0 Å². The molecule has 1 amide bonds. The highest BCUT2D eigenvalue weighted by molar-refractivity contribution is 7.16. The molecule has 0 spiro atoms. The van der Waals surface area contributed by atoms with Gasteiger partial charge in [-0.1, -0.05) is 13.0 Å². The SMILES string of the molecule is CCCNC(=O)c1c(N)sc(C)c1-c1ccc2c(c1)OCO2. The molecule has 116 valence electrons. The van der Waals surface area contributed by atoms with E-state index in [1.807, 2.05) is 32.0 Å². The van der Waals surface area contributed by atoms with E-state index in [4.69, 9.17) is 15.2 Å². The Morgan fingerprint density at radius 3 is 2.91 bits per heavy atom.